The highest BCUT2D eigenvalue weighted by Gasteiger charge is 1.83. The number of hydrogen-bond donors (Lipinski definition) is 0. The fourth-order valence-electron chi connectivity index (χ4n) is 0.248. The van der Waals surface area contributed by atoms with E-state index in [0.717, 1.165) is 11.1 Å². The average molecular weight is 106 g/mol. The summed E-state index contributed by atoms with van der Waals surface area (Å²) in [6.07, 6.45) is 6.71. The van der Waals surface area contributed by atoms with Crippen molar-refractivity contribution in [3.05, 3.63) is 23.8 Å². The SMILES string of the molecule is C#C/C=C(/C)C(=C)C. The van der Waals surface area contributed by atoms with Gasteiger partial charge in [0, 0.05) is 0 Å². The lowest BCUT2D eigenvalue weighted by atomic mass is 10.1. The van der Waals surface area contributed by atoms with E-state index in [9.17, 15) is 0 Å². The third-order valence-corrected chi connectivity index (χ3v) is 0.973. The van der Waals surface area contributed by atoms with Crippen LogP contribution in [0.1, 0.15) is 13.8 Å². The average Bonchev–Trinajstić information content (AvgIpc) is 1.67. The second-order valence-electron chi connectivity index (χ2n) is 1.77. The molecule has 0 atom stereocenters. The summed E-state index contributed by atoms with van der Waals surface area (Å²) in [6, 6.07) is 0. The molecule has 0 aromatic heterocycles. The van der Waals surface area contributed by atoms with Crippen molar-refractivity contribution in [2.24, 2.45) is 0 Å². The van der Waals surface area contributed by atoms with Gasteiger partial charge in [-0.25, -0.2) is 0 Å². The molecule has 0 radical (unpaired) electrons. The maximum atomic E-state index is 5.00. The van der Waals surface area contributed by atoms with Crippen LogP contribution in [0.25, 0.3) is 0 Å². The Labute approximate surface area is 50.9 Å². The number of terminal acetylenes is 1. The summed E-state index contributed by atoms with van der Waals surface area (Å²) in [5, 5.41) is 0. The maximum Gasteiger partial charge on any atom is -0.00899 e. The Balaban J connectivity index is 4.06. The van der Waals surface area contributed by atoms with Crippen LogP contribution in [0.2, 0.25) is 0 Å². The van der Waals surface area contributed by atoms with Crippen molar-refractivity contribution in [2.45, 2.75) is 13.8 Å². The molecule has 0 rings (SSSR count). The molecular weight excluding hydrogens is 96.1 g/mol. The molecule has 0 amide bonds. The Morgan fingerprint density at radius 2 is 2.12 bits per heavy atom. The molecular formula is C8H10. The molecule has 0 nitrogen and oxygen atoms in total. The topological polar surface area (TPSA) is 0 Å². The third kappa shape index (κ3) is 2.25. The summed E-state index contributed by atoms with van der Waals surface area (Å²) in [6.45, 7) is 7.59. The van der Waals surface area contributed by atoms with Crippen molar-refractivity contribution >= 4 is 0 Å². The first-order chi connectivity index (χ1) is 3.68. The molecule has 0 bridgehead atoms. The molecule has 0 aromatic carbocycles. The Bertz CT molecular complexity index is 153. The highest BCUT2D eigenvalue weighted by Crippen LogP contribution is 2.02. The monoisotopic (exact) mass is 106 g/mol. The smallest absolute Gasteiger partial charge is 0.00899 e. The van der Waals surface area contributed by atoms with E-state index in [1.54, 1.807) is 6.08 Å². The van der Waals surface area contributed by atoms with E-state index < -0.39 is 0 Å². The van der Waals surface area contributed by atoms with Gasteiger partial charge in [0.2, 0.25) is 0 Å². The normalized spacial score (nSPS) is 10.4. The van der Waals surface area contributed by atoms with Gasteiger partial charge in [-0.1, -0.05) is 18.1 Å². The lowest BCUT2D eigenvalue weighted by Crippen LogP contribution is -1.72. The standard InChI is InChI=1S/C8H10/c1-5-6-8(4)7(2)3/h1,6H,2H2,3-4H3/b8-6-. The van der Waals surface area contributed by atoms with Crippen molar-refractivity contribution in [1.82, 2.24) is 0 Å². The highest BCUT2D eigenvalue weighted by molar-refractivity contribution is 5.30. The van der Waals surface area contributed by atoms with Crippen molar-refractivity contribution in [1.29, 1.82) is 0 Å². The van der Waals surface area contributed by atoms with Crippen LogP contribution in [0.4, 0.5) is 0 Å². The summed E-state index contributed by atoms with van der Waals surface area (Å²) < 4.78 is 0. The van der Waals surface area contributed by atoms with Crippen LogP contribution in [-0.4, -0.2) is 0 Å². The molecule has 0 heterocycles. The fourth-order valence-corrected chi connectivity index (χ4v) is 0.248. The van der Waals surface area contributed by atoms with Gasteiger partial charge in [0.25, 0.3) is 0 Å². The first-order valence-corrected chi connectivity index (χ1v) is 2.47. The Morgan fingerprint density at radius 1 is 1.62 bits per heavy atom. The second kappa shape index (κ2) is 3.10. The van der Waals surface area contributed by atoms with Gasteiger partial charge < -0.3 is 0 Å². The van der Waals surface area contributed by atoms with E-state index in [2.05, 4.69) is 12.5 Å². The van der Waals surface area contributed by atoms with Crippen molar-refractivity contribution in [3.8, 4) is 12.3 Å². The van der Waals surface area contributed by atoms with Gasteiger partial charge in [-0.05, 0) is 25.5 Å². The van der Waals surface area contributed by atoms with Crippen LogP contribution in [-0.2, 0) is 0 Å². The van der Waals surface area contributed by atoms with Crippen molar-refractivity contribution < 1.29 is 0 Å². The van der Waals surface area contributed by atoms with E-state index >= 15 is 0 Å². The van der Waals surface area contributed by atoms with E-state index in [0.29, 0.717) is 0 Å². The van der Waals surface area contributed by atoms with Gasteiger partial charge in [-0.2, -0.15) is 0 Å². The Kier molecular flexibility index (Phi) is 2.72. The van der Waals surface area contributed by atoms with Gasteiger partial charge in [-0.3, -0.25) is 0 Å². The zero-order valence-electron chi connectivity index (χ0n) is 5.36. The number of hydrogen-bond acceptors (Lipinski definition) is 0. The zero-order valence-corrected chi connectivity index (χ0v) is 5.36. The lowest BCUT2D eigenvalue weighted by Gasteiger charge is -1.91. The molecule has 0 aliphatic carbocycles. The van der Waals surface area contributed by atoms with Gasteiger partial charge >= 0.3 is 0 Å². The van der Waals surface area contributed by atoms with Crippen LogP contribution in [0, 0.1) is 12.3 Å². The molecule has 0 spiro atoms. The molecule has 42 valence electrons. The molecule has 0 N–H and O–H groups in total. The molecule has 0 fully saturated rings. The Morgan fingerprint density at radius 3 is 2.25 bits per heavy atom. The van der Waals surface area contributed by atoms with E-state index in [-0.39, 0.29) is 0 Å². The fraction of sp³-hybridized carbons (Fsp3) is 0.250. The zero-order chi connectivity index (χ0) is 6.57. The van der Waals surface area contributed by atoms with Gasteiger partial charge in [-0.15, -0.1) is 6.42 Å². The van der Waals surface area contributed by atoms with Gasteiger partial charge in [0.15, 0.2) is 0 Å². The summed E-state index contributed by atoms with van der Waals surface area (Å²) in [4.78, 5) is 0. The summed E-state index contributed by atoms with van der Waals surface area (Å²) >= 11 is 0. The van der Waals surface area contributed by atoms with Crippen LogP contribution in [0.15, 0.2) is 23.8 Å². The number of allylic oxidation sites excluding steroid dienone is 3. The molecule has 0 saturated carbocycles. The first kappa shape index (κ1) is 7.04. The number of rotatable bonds is 1. The van der Waals surface area contributed by atoms with Crippen molar-refractivity contribution in [2.75, 3.05) is 0 Å². The van der Waals surface area contributed by atoms with Crippen molar-refractivity contribution in [3.63, 3.8) is 0 Å². The van der Waals surface area contributed by atoms with Gasteiger partial charge in [0.05, 0.1) is 0 Å². The molecule has 8 heavy (non-hydrogen) atoms. The maximum absolute atomic E-state index is 5.00. The molecule has 0 aliphatic rings. The minimum atomic E-state index is 1.03. The lowest BCUT2D eigenvalue weighted by molar-refractivity contribution is 1.37. The summed E-state index contributed by atoms with van der Waals surface area (Å²) in [5.41, 5.74) is 2.11. The van der Waals surface area contributed by atoms with E-state index in [1.165, 1.54) is 0 Å². The molecule has 0 heteroatoms. The highest BCUT2D eigenvalue weighted by atomic mass is 13.9. The predicted octanol–water partition coefficient (Wildman–Crippen LogP) is 2.14. The predicted molar refractivity (Wildman–Crippen MR) is 37.4 cm³/mol. The quantitative estimate of drug-likeness (QED) is 0.355. The molecule has 0 aliphatic heterocycles. The first-order valence-electron chi connectivity index (χ1n) is 2.47. The second-order valence-corrected chi connectivity index (χ2v) is 1.77. The minimum Gasteiger partial charge on any atom is -0.115 e. The van der Waals surface area contributed by atoms with E-state index in [1.807, 2.05) is 13.8 Å². The van der Waals surface area contributed by atoms with Crippen LogP contribution >= 0.6 is 0 Å². The van der Waals surface area contributed by atoms with Crippen LogP contribution in [0.3, 0.4) is 0 Å². The summed E-state index contributed by atoms with van der Waals surface area (Å²) in [7, 11) is 0. The van der Waals surface area contributed by atoms with Crippen LogP contribution in [0.5, 0.6) is 0 Å². The largest absolute Gasteiger partial charge is 0.115 e. The Hall–Kier alpha value is -0.960. The molecule has 0 saturated heterocycles. The van der Waals surface area contributed by atoms with Gasteiger partial charge in [0.1, 0.15) is 0 Å². The third-order valence-electron chi connectivity index (χ3n) is 0.973. The van der Waals surface area contributed by atoms with E-state index in [4.69, 9.17) is 6.42 Å². The molecule has 0 unspecified atom stereocenters. The van der Waals surface area contributed by atoms with Crippen LogP contribution < -0.4 is 0 Å². The molecule has 0 aromatic rings. The minimum absolute atomic E-state index is 1.03. The summed E-state index contributed by atoms with van der Waals surface area (Å²) in [5.74, 6) is 2.43.